The Morgan fingerprint density at radius 2 is 2.28 bits per heavy atom. The van der Waals surface area contributed by atoms with Crippen LogP contribution in [0.1, 0.15) is 29.5 Å². The lowest BCUT2D eigenvalue weighted by Gasteiger charge is -2.00. The molecule has 0 spiro atoms. The van der Waals surface area contributed by atoms with Crippen molar-refractivity contribution >= 4 is 23.8 Å². The molecule has 0 aliphatic heterocycles. The first-order valence-corrected chi connectivity index (χ1v) is 5.27. The Morgan fingerprint density at radius 3 is 2.89 bits per heavy atom. The summed E-state index contributed by atoms with van der Waals surface area (Å²) in [5.74, 6) is -1.42. The van der Waals surface area contributed by atoms with Gasteiger partial charge in [0.25, 0.3) is 0 Å². The molecule has 0 saturated carbocycles. The molecule has 1 rings (SSSR count). The lowest BCUT2D eigenvalue weighted by atomic mass is 10.3. The van der Waals surface area contributed by atoms with E-state index in [4.69, 9.17) is 10.8 Å². The molecule has 4 N–H and O–H groups in total. The van der Waals surface area contributed by atoms with E-state index in [1.807, 2.05) is 0 Å². The number of anilines is 1. The first-order valence-electron chi connectivity index (χ1n) is 5.27. The summed E-state index contributed by atoms with van der Waals surface area (Å²) in [6.45, 7) is 1.95. The average Bonchev–Trinajstić information content (AvgIpc) is 2.30. The normalized spacial score (nSPS) is 10.5. The highest BCUT2D eigenvalue weighted by Gasteiger charge is 2.10. The van der Waals surface area contributed by atoms with Gasteiger partial charge in [0.15, 0.2) is 11.5 Å². The van der Waals surface area contributed by atoms with E-state index in [9.17, 15) is 9.59 Å². The number of carbonyl (C=O) groups excluding carboxylic acids is 1. The molecule has 7 nitrogen and oxygen atoms in total. The highest BCUT2D eigenvalue weighted by molar-refractivity contribution is 5.90. The number of nitrogens with two attached hydrogens (primary N) is 1. The van der Waals surface area contributed by atoms with Gasteiger partial charge in [-0.3, -0.25) is 4.79 Å². The maximum atomic E-state index is 10.8. The van der Waals surface area contributed by atoms with Gasteiger partial charge in [0.2, 0.25) is 5.91 Å². The predicted molar refractivity (Wildman–Crippen MR) is 65.7 cm³/mol. The summed E-state index contributed by atoms with van der Waals surface area (Å²) in [6.07, 6.45) is 5.40. The quantitative estimate of drug-likeness (QED) is 0.646. The first-order chi connectivity index (χ1) is 8.50. The van der Waals surface area contributed by atoms with Crippen LogP contribution in [0.3, 0.4) is 0 Å². The molecule has 0 fully saturated rings. The molecule has 0 saturated heterocycles. The Kier molecular flexibility index (Phi) is 4.79. The minimum absolute atomic E-state index is 0.0937. The van der Waals surface area contributed by atoms with E-state index in [0.717, 1.165) is 0 Å². The predicted octanol–water partition coefficient (Wildman–Crippen LogP) is 0.296. The van der Waals surface area contributed by atoms with Crippen LogP contribution in [0.5, 0.6) is 0 Å². The molecule has 0 bridgehead atoms. The molecule has 1 heterocycles. The minimum Gasteiger partial charge on any atom is -0.476 e. The molecule has 1 amide bonds. The van der Waals surface area contributed by atoms with Crippen LogP contribution >= 0.6 is 0 Å². The van der Waals surface area contributed by atoms with Crippen molar-refractivity contribution in [3.8, 4) is 0 Å². The fraction of sp³-hybridized carbons (Fsp3) is 0.273. The van der Waals surface area contributed by atoms with E-state index >= 15 is 0 Å². The topological polar surface area (TPSA) is 118 Å². The van der Waals surface area contributed by atoms with Gasteiger partial charge in [-0.25, -0.2) is 14.8 Å². The smallest absolute Gasteiger partial charge is 0.358 e. The van der Waals surface area contributed by atoms with Crippen LogP contribution < -0.4 is 11.1 Å². The van der Waals surface area contributed by atoms with E-state index in [0.29, 0.717) is 18.7 Å². The van der Waals surface area contributed by atoms with Crippen molar-refractivity contribution in [1.29, 1.82) is 0 Å². The second-order valence-electron chi connectivity index (χ2n) is 3.51. The molecule has 96 valence electrons. The number of nitrogens with one attached hydrogen (secondary N) is 1. The van der Waals surface area contributed by atoms with Crippen molar-refractivity contribution in [3.05, 3.63) is 23.7 Å². The monoisotopic (exact) mass is 250 g/mol. The number of amides is 1. The molecule has 7 heteroatoms. The largest absolute Gasteiger partial charge is 0.476 e. The molecular formula is C11H14N4O3. The third kappa shape index (κ3) is 4.20. The van der Waals surface area contributed by atoms with Crippen molar-refractivity contribution in [2.24, 2.45) is 0 Å². The molecule has 0 radical (unpaired) electrons. The van der Waals surface area contributed by atoms with Crippen molar-refractivity contribution in [2.45, 2.75) is 13.3 Å². The zero-order valence-corrected chi connectivity index (χ0v) is 9.88. The van der Waals surface area contributed by atoms with Gasteiger partial charge in [0.05, 0.1) is 11.9 Å². The van der Waals surface area contributed by atoms with Gasteiger partial charge in [-0.1, -0.05) is 6.08 Å². The molecule has 0 aliphatic carbocycles. The summed E-state index contributed by atoms with van der Waals surface area (Å²) in [5.41, 5.74) is 5.52. The third-order valence-electron chi connectivity index (χ3n) is 2.00. The lowest BCUT2D eigenvalue weighted by molar-refractivity contribution is -0.118. The second kappa shape index (κ2) is 6.33. The van der Waals surface area contributed by atoms with Crippen LogP contribution in [0.25, 0.3) is 6.08 Å². The molecule has 0 aliphatic rings. The van der Waals surface area contributed by atoms with Crippen molar-refractivity contribution in [2.75, 3.05) is 12.3 Å². The third-order valence-corrected chi connectivity index (χ3v) is 2.00. The second-order valence-corrected chi connectivity index (χ2v) is 3.51. The van der Waals surface area contributed by atoms with Crippen molar-refractivity contribution in [3.63, 3.8) is 0 Å². The molecule has 1 aromatic heterocycles. The van der Waals surface area contributed by atoms with E-state index in [1.165, 1.54) is 13.1 Å². The number of carboxylic acid groups (broad SMARTS) is 1. The Balaban J connectivity index is 2.62. The highest BCUT2D eigenvalue weighted by Crippen LogP contribution is 2.07. The number of hydrogen-bond donors (Lipinski definition) is 3. The summed E-state index contributed by atoms with van der Waals surface area (Å²) >= 11 is 0. The van der Waals surface area contributed by atoms with Gasteiger partial charge in [0.1, 0.15) is 0 Å². The summed E-state index contributed by atoms with van der Waals surface area (Å²) in [5, 5.41) is 11.4. The fourth-order valence-corrected chi connectivity index (χ4v) is 1.19. The zero-order chi connectivity index (χ0) is 13.5. The van der Waals surface area contributed by atoms with Gasteiger partial charge in [-0.2, -0.15) is 0 Å². The lowest BCUT2D eigenvalue weighted by Crippen LogP contribution is -2.20. The number of nitrogen functional groups attached to an aromatic ring is 1. The highest BCUT2D eigenvalue weighted by atomic mass is 16.4. The van der Waals surface area contributed by atoms with Gasteiger partial charge in [-0.15, -0.1) is 0 Å². The first kappa shape index (κ1) is 13.6. The number of nitrogens with zero attached hydrogens (tertiary/aromatic N) is 2. The molecule has 1 aromatic rings. The van der Waals surface area contributed by atoms with Crippen LogP contribution in [0.2, 0.25) is 0 Å². The number of aromatic carboxylic acids is 1. The standard InChI is InChI=1S/C11H14N4O3/c1-7(16)13-5-3-2-4-8-6-14-10(12)9(15-8)11(17)18/h2,4,6H,3,5H2,1H3,(H2,12,14)(H,13,16)(H,17,18). The van der Waals surface area contributed by atoms with E-state index < -0.39 is 5.97 Å². The number of carbonyl (C=O) groups is 2. The SMILES string of the molecule is CC(=O)NCCC=Cc1cnc(N)c(C(=O)O)n1. The van der Waals surface area contributed by atoms with Gasteiger partial charge in [-0.05, 0) is 12.5 Å². The van der Waals surface area contributed by atoms with Crippen LogP contribution in [-0.2, 0) is 4.79 Å². The maximum Gasteiger partial charge on any atom is 0.358 e. The van der Waals surface area contributed by atoms with Gasteiger partial charge < -0.3 is 16.2 Å². The summed E-state index contributed by atoms with van der Waals surface area (Å²) in [6, 6.07) is 0. The van der Waals surface area contributed by atoms with Crippen molar-refractivity contribution < 1.29 is 14.7 Å². The van der Waals surface area contributed by atoms with Crippen LogP contribution in [0.15, 0.2) is 12.3 Å². The minimum atomic E-state index is -1.21. The molecule has 0 atom stereocenters. The Morgan fingerprint density at radius 1 is 1.56 bits per heavy atom. The summed E-state index contributed by atoms with van der Waals surface area (Å²) < 4.78 is 0. The van der Waals surface area contributed by atoms with E-state index in [1.54, 1.807) is 12.2 Å². The number of rotatable bonds is 5. The van der Waals surface area contributed by atoms with E-state index in [-0.39, 0.29) is 17.4 Å². The Hall–Kier alpha value is -2.44. The fourth-order valence-electron chi connectivity index (χ4n) is 1.19. The number of hydrogen-bond acceptors (Lipinski definition) is 5. The Labute approximate surface area is 104 Å². The van der Waals surface area contributed by atoms with Gasteiger partial charge in [0, 0.05) is 13.5 Å². The molecule has 0 aromatic carbocycles. The molecule has 0 unspecified atom stereocenters. The van der Waals surface area contributed by atoms with Crippen LogP contribution in [-0.4, -0.2) is 33.5 Å². The van der Waals surface area contributed by atoms with E-state index in [2.05, 4.69) is 15.3 Å². The Bertz CT molecular complexity index is 485. The number of aromatic nitrogens is 2. The van der Waals surface area contributed by atoms with Crippen LogP contribution in [0, 0.1) is 0 Å². The molecular weight excluding hydrogens is 236 g/mol. The van der Waals surface area contributed by atoms with Crippen molar-refractivity contribution in [1.82, 2.24) is 15.3 Å². The van der Waals surface area contributed by atoms with Gasteiger partial charge >= 0.3 is 5.97 Å². The molecule has 18 heavy (non-hydrogen) atoms. The average molecular weight is 250 g/mol. The maximum absolute atomic E-state index is 10.8. The summed E-state index contributed by atoms with van der Waals surface area (Å²) in [4.78, 5) is 29.0. The van der Waals surface area contributed by atoms with Crippen LogP contribution in [0.4, 0.5) is 5.82 Å². The summed E-state index contributed by atoms with van der Waals surface area (Å²) in [7, 11) is 0. The zero-order valence-electron chi connectivity index (χ0n) is 9.88. The number of carboxylic acids is 1.